The highest BCUT2D eigenvalue weighted by molar-refractivity contribution is 7.07. The first-order valence-corrected chi connectivity index (χ1v) is 8.44. The van der Waals surface area contributed by atoms with Crippen molar-refractivity contribution in [2.45, 2.75) is 58.4 Å². The van der Waals surface area contributed by atoms with Crippen LogP contribution in [0, 0.1) is 11.8 Å². The monoisotopic (exact) mass is 265 g/mol. The summed E-state index contributed by atoms with van der Waals surface area (Å²) in [4.78, 5) is 0. The van der Waals surface area contributed by atoms with Gasteiger partial charge in [0.05, 0.1) is 0 Å². The van der Waals surface area contributed by atoms with E-state index in [1.165, 1.54) is 45.1 Å². The molecule has 1 nitrogen and oxygen atoms in total. The summed E-state index contributed by atoms with van der Waals surface area (Å²) >= 11 is 1.84. The van der Waals surface area contributed by atoms with Crippen LogP contribution in [0.4, 0.5) is 0 Å². The van der Waals surface area contributed by atoms with Crippen LogP contribution in [0.25, 0.3) is 0 Å². The van der Waals surface area contributed by atoms with Crippen LogP contribution in [0.2, 0.25) is 0 Å². The lowest BCUT2D eigenvalue weighted by atomic mass is 9.83. The summed E-state index contributed by atoms with van der Waals surface area (Å²) in [5.74, 6) is 1.78. The van der Waals surface area contributed by atoms with E-state index < -0.39 is 0 Å². The van der Waals surface area contributed by atoms with Gasteiger partial charge in [0.1, 0.15) is 0 Å². The van der Waals surface area contributed by atoms with E-state index >= 15 is 0 Å². The molecule has 0 aliphatic heterocycles. The van der Waals surface area contributed by atoms with Gasteiger partial charge in [-0.1, -0.05) is 33.1 Å². The van der Waals surface area contributed by atoms with E-state index in [1.54, 1.807) is 5.56 Å². The van der Waals surface area contributed by atoms with Gasteiger partial charge in [-0.2, -0.15) is 11.3 Å². The van der Waals surface area contributed by atoms with Gasteiger partial charge >= 0.3 is 0 Å². The van der Waals surface area contributed by atoms with Gasteiger partial charge in [0.15, 0.2) is 0 Å². The fourth-order valence-corrected chi connectivity index (χ4v) is 3.78. The van der Waals surface area contributed by atoms with Crippen molar-refractivity contribution in [3.63, 3.8) is 0 Å². The maximum Gasteiger partial charge on any atom is 0.00104 e. The predicted octanol–water partition coefficient (Wildman–Crippen LogP) is 4.49. The van der Waals surface area contributed by atoms with Crippen molar-refractivity contribution >= 4 is 11.3 Å². The van der Waals surface area contributed by atoms with Crippen LogP contribution in [-0.2, 0) is 6.42 Å². The normalized spacial score (nSPS) is 25.3. The van der Waals surface area contributed by atoms with Crippen molar-refractivity contribution in [2.24, 2.45) is 11.8 Å². The molecule has 0 bridgehead atoms. The SMILES string of the molecule is CC(C)NCC1CCCCCC1Cc1ccsc1. The lowest BCUT2D eigenvalue weighted by Gasteiger charge is -2.26. The summed E-state index contributed by atoms with van der Waals surface area (Å²) in [6.07, 6.45) is 8.47. The van der Waals surface area contributed by atoms with Crippen LogP contribution in [0.1, 0.15) is 51.5 Å². The molecule has 0 radical (unpaired) electrons. The Morgan fingerprint density at radius 2 is 2.00 bits per heavy atom. The second-order valence-electron chi connectivity index (χ2n) is 6.06. The topological polar surface area (TPSA) is 12.0 Å². The maximum atomic E-state index is 3.66. The average Bonchev–Trinajstić information content (AvgIpc) is 2.74. The van der Waals surface area contributed by atoms with E-state index in [0.29, 0.717) is 6.04 Å². The van der Waals surface area contributed by atoms with Gasteiger partial charge < -0.3 is 5.32 Å². The molecule has 2 rings (SSSR count). The van der Waals surface area contributed by atoms with Crippen LogP contribution in [0.5, 0.6) is 0 Å². The van der Waals surface area contributed by atoms with E-state index in [1.807, 2.05) is 11.3 Å². The number of thiophene rings is 1. The molecule has 1 aliphatic carbocycles. The zero-order valence-corrected chi connectivity index (χ0v) is 12.6. The molecule has 1 aromatic rings. The molecule has 1 aliphatic rings. The molecule has 0 saturated heterocycles. The molecule has 1 heterocycles. The highest BCUT2D eigenvalue weighted by Gasteiger charge is 2.23. The molecular formula is C16H27NS. The van der Waals surface area contributed by atoms with Crippen LogP contribution in [0.3, 0.4) is 0 Å². The van der Waals surface area contributed by atoms with E-state index in [-0.39, 0.29) is 0 Å². The Bertz CT molecular complexity index is 318. The van der Waals surface area contributed by atoms with Gasteiger partial charge in [-0.3, -0.25) is 0 Å². The number of rotatable bonds is 5. The van der Waals surface area contributed by atoms with Crippen LogP contribution < -0.4 is 5.32 Å². The predicted molar refractivity (Wildman–Crippen MR) is 81.2 cm³/mol. The van der Waals surface area contributed by atoms with Crippen molar-refractivity contribution in [1.29, 1.82) is 0 Å². The summed E-state index contributed by atoms with van der Waals surface area (Å²) in [5, 5.41) is 8.20. The molecule has 0 aromatic carbocycles. The first-order valence-electron chi connectivity index (χ1n) is 7.50. The van der Waals surface area contributed by atoms with Crippen molar-refractivity contribution in [3.8, 4) is 0 Å². The largest absolute Gasteiger partial charge is 0.314 e. The van der Waals surface area contributed by atoms with Crippen LogP contribution >= 0.6 is 11.3 Å². The van der Waals surface area contributed by atoms with Gasteiger partial charge in [-0.25, -0.2) is 0 Å². The van der Waals surface area contributed by atoms with Gasteiger partial charge in [-0.05, 0) is 60.0 Å². The Hall–Kier alpha value is -0.340. The minimum atomic E-state index is 0.620. The lowest BCUT2D eigenvalue weighted by Crippen LogP contribution is -2.32. The third-order valence-electron chi connectivity index (χ3n) is 4.18. The van der Waals surface area contributed by atoms with Gasteiger partial charge in [-0.15, -0.1) is 0 Å². The Morgan fingerprint density at radius 1 is 1.22 bits per heavy atom. The molecule has 1 fully saturated rings. The van der Waals surface area contributed by atoms with Crippen molar-refractivity contribution in [1.82, 2.24) is 5.32 Å². The number of nitrogens with one attached hydrogen (secondary N) is 1. The number of hydrogen-bond donors (Lipinski definition) is 1. The van der Waals surface area contributed by atoms with E-state index in [9.17, 15) is 0 Å². The number of hydrogen-bond acceptors (Lipinski definition) is 2. The minimum absolute atomic E-state index is 0.620. The highest BCUT2D eigenvalue weighted by Crippen LogP contribution is 2.31. The van der Waals surface area contributed by atoms with Crippen molar-refractivity contribution in [3.05, 3.63) is 22.4 Å². The van der Waals surface area contributed by atoms with Crippen molar-refractivity contribution < 1.29 is 0 Å². The summed E-state index contributed by atoms with van der Waals surface area (Å²) in [6, 6.07) is 2.93. The minimum Gasteiger partial charge on any atom is -0.314 e. The molecule has 1 saturated carbocycles. The average molecular weight is 265 g/mol. The molecule has 102 valence electrons. The molecule has 1 aromatic heterocycles. The summed E-state index contributed by atoms with van der Waals surface area (Å²) < 4.78 is 0. The van der Waals surface area contributed by atoms with Gasteiger partial charge in [0, 0.05) is 6.04 Å². The zero-order valence-electron chi connectivity index (χ0n) is 11.8. The quantitative estimate of drug-likeness (QED) is 0.774. The molecule has 2 atom stereocenters. The standard InChI is InChI=1S/C16H27NS/c1-13(2)17-11-16-7-5-3-4-6-15(16)10-14-8-9-18-12-14/h8-9,12-13,15-17H,3-7,10-11H2,1-2H3. The fourth-order valence-electron chi connectivity index (χ4n) is 3.10. The summed E-state index contributed by atoms with van der Waals surface area (Å²) in [5.41, 5.74) is 1.56. The molecule has 2 unspecified atom stereocenters. The molecule has 1 N–H and O–H groups in total. The second-order valence-corrected chi connectivity index (χ2v) is 6.84. The van der Waals surface area contributed by atoms with Crippen molar-refractivity contribution in [2.75, 3.05) is 6.54 Å². The van der Waals surface area contributed by atoms with E-state index in [0.717, 1.165) is 11.8 Å². The summed E-state index contributed by atoms with van der Waals surface area (Å²) in [7, 11) is 0. The van der Waals surface area contributed by atoms with E-state index in [2.05, 4.69) is 36.0 Å². The van der Waals surface area contributed by atoms with E-state index in [4.69, 9.17) is 0 Å². The third-order valence-corrected chi connectivity index (χ3v) is 4.91. The smallest absolute Gasteiger partial charge is 0.00104 e. The van der Waals surface area contributed by atoms with Crippen LogP contribution in [0.15, 0.2) is 16.8 Å². The molecule has 0 spiro atoms. The molecular weight excluding hydrogens is 238 g/mol. The Balaban J connectivity index is 1.93. The zero-order chi connectivity index (χ0) is 12.8. The summed E-state index contributed by atoms with van der Waals surface area (Å²) in [6.45, 7) is 5.72. The highest BCUT2D eigenvalue weighted by atomic mass is 32.1. The van der Waals surface area contributed by atoms with Gasteiger partial charge in [0.2, 0.25) is 0 Å². The first-order chi connectivity index (χ1) is 8.75. The maximum absolute atomic E-state index is 3.66. The van der Waals surface area contributed by atoms with Gasteiger partial charge in [0.25, 0.3) is 0 Å². The molecule has 2 heteroatoms. The fraction of sp³-hybridized carbons (Fsp3) is 0.750. The first kappa shape index (κ1) is 14.1. The Kier molecular flexibility index (Phi) is 5.71. The third kappa shape index (κ3) is 4.40. The molecule has 18 heavy (non-hydrogen) atoms. The Labute approximate surface area is 116 Å². The second kappa shape index (κ2) is 7.30. The molecule has 0 amide bonds. The lowest BCUT2D eigenvalue weighted by molar-refractivity contribution is 0.291. The Morgan fingerprint density at radius 3 is 2.67 bits per heavy atom. The van der Waals surface area contributed by atoms with Crippen LogP contribution in [-0.4, -0.2) is 12.6 Å².